The quantitative estimate of drug-likeness (QED) is 0.102. The van der Waals surface area contributed by atoms with Crippen LogP contribution in [0.2, 0.25) is 0 Å². The summed E-state index contributed by atoms with van der Waals surface area (Å²) in [6.07, 6.45) is 30.8. The third-order valence-corrected chi connectivity index (χ3v) is 5.12. The van der Waals surface area contributed by atoms with Crippen LogP contribution < -0.4 is 0 Å². The van der Waals surface area contributed by atoms with Gasteiger partial charge in [0.05, 0.1) is 12.2 Å². The van der Waals surface area contributed by atoms with Crippen LogP contribution in [0.5, 0.6) is 0 Å². The van der Waals surface area contributed by atoms with Crippen molar-refractivity contribution < 1.29 is 9.05 Å². The Morgan fingerprint density at radius 1 is 0.852 bits per heavy atom. The molecular formula is C22H39O2P3. The number of unbranched alkanes of at least 4 members (excludes halogenated alkanes) is 3. The summed E-state index contributed by atoms with van der Waals surface area (Å²) in [5, 5.41) is 0. The van der Waals surface area contributed by atoms with E-state index in [0.29, 0.717) is 8.50 Å². The first-order valence-corrected chi connectivity index (χ1v) is 13.3. The van der Waals surface area contributed by atoms with Crippen LogP contribution in [0.3, 0.4) is 0 Å². The molecule has 0 aromatic carbocycles. The Balaban J connectivity index is 4.08. The molecule has 0 aliphatic heterocycles. The second-order valence-electron chi connectivity index (χ2n) is 6.28. The number of hydrogen-bond acceptors (Lipinski definition) is 2. The lowest BCUT2D eigenvalue weighted by Gasteiger charge is -2.09. The minimum Gasteiger partial charge on any atom is -0.358 e. The molecule has 5 atom stereocenters. The van der Waals surface area contributed by atoms with Gasteiger partial charge in [0.1, 0.15) is 0 Å². The van der Waals surface area contributed by atoms with E-state index in [1.54, 1.807) is 0 Å². The third-order valence-electron chi connectivity index (χ3n) is 3.93. The Morgan fingerprint density at radius 3 is 2.15 bits per heavy atom. The highest BCUT2D eigenvalue weighted by Gasteiger charge is 2.01. The fraction of sp³-hybridized carbons (Fsp3) is 0.545. The molecule has 2 nitrogen and oxygen atoms in total. The predicted octanol–water partition coefficient (Wildman–Crippen LogP) is 7.87. The summed E-state index contributed by atoms with van der Waals surface area (Å²) in [5.41, 5.74) is 0. The first-order valence-electron chi connectivity index (χ1n) is 10.1. The van der Waals surface area contributed by atoms with Crippen LogP contribution in [0.4, 0.5) is 0 Å². The van der Waals surface area contributed by atoms with Gasteiger partial charge in [-0.05, 0) is 25.7 Å². The molecule has 0 rings (SSSR count). The van der Waals surface area contributed by atoms with Crippen molar-refractivity contribution in [2.24, 2.45) is 0 Å². The molecule has 0 saturated carbocycles. The molecular weight excluding hydrogens is 389 g/mol. The van der Waals surface area contributed by atoms with Gasteiger partial charge in [-0.25, -0.2) is 0 Å². The van der Waals surface area contributed by atoms with Crippen LogP contribution in [0.1, 0.15) is 65.2 Å². The average molecular weight is 428 g/mol. The number of hydrogen-bond donors (Lipinski definition) is 0. The van der Waals surface area contributed by atoms with Gasteiger partial charge in [-0.2, -0.15) is 0 Å². The second kappa shape index (κ2) is 22.2. The molecule has 0 aromatic heterocycles. The fourth-order valence-corrected chi connectivity index (χ4v) is 3.50. The van der Waals surface area contributed by atoms with Crippen LogP contribution in [0.25, 0.3) is 0 Å². The van der Waals surface area contributed by atoms with E-state index in [1.165, 1.54) is 25.7 Å². The summed E-state index contributed by atoms with van der Waals surface area (Å²) in [5.74, 6) is 0. The van der Waals surface area contributed by atoms with Crippen molar-refractivity contribution in [2.75, 3.05) is 0 Å². The summed E-state index contributed by atoms with van der Waals surface area (Å²) in [4.78, 5) is 0. The van der Waals surface area contributed by atoms with E-state index in [0.717, 1.165) is 25.7 Å². The largest absolute Gasteiger partial charge is 0.358 e. The van der Waals surface area contributed by atoms with E-state index in [2.05, 4.69) is 93.0 Å². The monoisotopic (exact) mass is 428 g/mol. The molecule has 5 unspecified atom stereocenters. The average Bonchev–Trinajstić information content (AvgIpc) is 2.68. The molecule has 154 valence electrons. The summed E-state index contributed by atoms with van der Waals surface area (Å²) >= 11 is 0. The molecule has 0 saturated heterocycles. The molecule has 0 fully saturated rings. The summed E-state index contributed by atoms with van der Waals surface area (Å²) in [6, 6.07) is 0. The fourth-order valence-electron chi connectivity index (χ4n) is 2.40. The molecule has 27 heavy (non-hydrogen) atoms. The Kier molecular flexibility index (Phi) is 22.1. The van der Waals surface area contributed by atoms with Gasteiger partial charge in [0.15, 0.2) is 0 Å². The molecule has 0 heterocycles. The number of rotatable bonds is 17. The van der Waals surface area contributed by atoms with Gasteiger partial charge in [-0.3, -0.25) is 0 Å². The lowest BCUT2D eigenvalue weighted by Crippen LogP contribution is -2.02. The maximum Gasteiger partial charge on any atom is 0.0836 e. The van der Waals surface area contributed by atoms with Crippen molar-refractivity contribution in [2.45, 2.75) is 77.4 Å². The molecule has 0 bridgehead atoms. The maximum absolute atomic E-state index is 5.70. The van der Waals surface area contributed by atoms with Crippen LogP contribution in [0.15, 0.2) is 60.8 Å². The normalized spacial score (nSPS) is 15.7. The standard InChI is InChI=1S/C22H39O2P3/c1-3-5-7-14-17-21(23-25)18-15-11-9-8-10-12-16-20-22(24-27-26)19-13-6-4-2/h6,9-13,15-16,18,20-22,27H,3-5,7-8,14,17,19,25-26H2,1-2H3. The van der Waals surface area contributed by atoms with Gasteiger partial charge in [-0.15, -0.1) is 0 Å². The number of allylic oxidation sites excluding steroid dienone is 7. The van der Waals surface area contributed by atoms with Crippen molar-refractivity contribution in [3.8, 4) is 0 Å². The van der Waals surface area contributed by atoms with E-state index >= 15 is 0 Å². The highest BCUT2D eigenvalue weighted by molar-refractivity contribution is 8.00. The molecule has 0 aliphatic rings. The second-order valence-corrected chi connectivity index (χ2v) is 7.73. The van der Waals surface area contributed by atoms with Crippen LogP contribution in [-0.2, 0) is 9.05 Å². The third kappa shape index (κ3) is 19.0. The first kappa shape index (κ1) is 26.9. The van der Waals surface area contributed by atoms with Gasteiger partial charge in [0.25, 0.3) is 0 Å². The Morgan fingerprint density at radius 2 is 1.56 bits per heavy atom. The maximum atomic E-state index is 5.70. The Hall–Kier alpha value is -0.0900. The van der Waals surface area contributed by atoms with Crippen LogP contribution in [-0.4, -0.2) is 12.2 Å². The van der Waals surface area contributed by atoms with E-state index < -0.39 is 0 Å². The summed E-state index contributed by atoms with van der Waals surface area (Å²) in [6.45, 7) is 4.38. The first-order chi connectivity index (χ1) is 13.3. The molecule has 0 spiro atoms. The zero-order valence-corrected chi connectivity index (χ0v) is 20.4. The lowest BCUT2D eigenvalue weighted by atomic mass is 10.1. The van der Waals surface area contributed by atoms with Gasteiger partial charge in [-0.1, -0.05) is 109 Å². The summed E-state index contributed by atoms with van der Waals surface area (Å²) in [7, 11) is 5.46. The Labute approximate surface area is 174 Å². The lowest BCUT2D eigenvalue weighted by molar-refractivity contribution is 0.274. The SMILES string of the molecule is CCC=CCC(C=CC=CCC=CC=CC(CCCCCC)OP)OPP. The van der Waals surface area contributed by atoms with E-state index in [9.17, 15) is 0 Å². The van der Waals surface area contributed by atoms with E-state index in [4.69, 9.17) is 9.05 Å². The van der Waals surface area contributed by atoms with E-state index in [-0.39, 0.29) is 12.2 Å². The zero-order valence-electron chi connectivity index (χ0n) is 17.1. The van der Waals surface area contributed by atoms with Gasteiger partial charge in [0.2, 0.25) is 0 Å². The van der Waals surface area contributed by atoms with E-state index in [1.807, 2.05) is 0 Å². The summed E-state index contributed by atoms with van der Waals surface area (Å²) < 4.78 is 11.1. The Bertz CT molecular complexity index is 456. The molecule has 0 aliphatic carbocycles. The van der Waals surface area contributed by atoms with Gasteiger partial charge in [0, 0.05) is 18.0 Å². The molecule has 0 aromatic rings. The molecule has 0 amide bonds. The highest BCUT2D eigenvalue weighted by Crippen LogP contribution is 2.25. The molecule has 0 radical (unpaired) electrons. The van der Waals surface area contributed by atoms with Crippen molar-refractivity contribution in [1.29, 1.82) is 0 Å². The zero-order chi connectivity index (χ0) is 20.0. The van der Waals surface area contributed by atoms with Crippen LogP contribution in [0, 0.1) is 0 Å². The highest BCUT2D eigenvalue weighted by atomic mass is 32.0. The van der Waals surface area contributed by atoms with Crippen molar-refractivity contribution in [3.63, 3.8) is 0 Å². The van der Waals surface area contributed by atoms with Crippen LogP contribution >= 0.6 is 26.9 Å². The van der Waals surface area contributed by atoms with Gasteiger partial charge < -0.3 is 9.05 Å². The van der Waals surface area contributed by atoms with Gasteiger partial charge >= 0.3 is 0 Å². The molecule has 0 N–H and O–H groups in total. The smallest absolute Gasteiger partial charge is 0.0836 e. The minimum absolute atomic E-state index is 0.160. The predicted molar refractivity (Wildman–Crippen MR) is 131 cm³/mol. The van der Waals surface area contributed by atoms with Crippen molar-refractivity contribution in [3.05, 3.63) is 60.8 Å². The minimum atomic E-state index is 0.160. The van der Waals surface area contributed by atoms with Crippen molar-refractivity contribution in [1.82, 2.24) is 0 Å². The van der Waals surface area contributed by atoms with Crippen molar-refractivity contribution >= 4 is 26.9 Å². The topological polar surface area (TPSA) is 18.5 Å². The molecule has 5 heteroatoms.